The number of hydrogen-bond donors (Lipinski definition) is 1. The number of pyridine rings is 1. The molecule has 2 aromatic rings. The molecule has 0 spiro atoms. The summed E-state index contributed by atoms with van der Waals surface area (Å²) in [5.41, 5.74) is 4.72. The Morgan fingerprint density at radius 1 is 1.00 bits per heavy atom. The Hall–Kier alpha value is -2.89. The summed E-state index contributed by atoms with van der Waals surface area (Å²) >= 11 is 0. The van der Waals surface area contributed by atoms with E-state index >= 15 is 0 Å². The lowest BCUT2D eigenvalue weighted by Crippen LogP contribution is -2.33. The maximum atomic E-state index is 12.8. The third kappa shape index (κ3) is 6.81. The van der Waals surface area contributed by atoms with Gasteiger partial charge in [-0.25, -0.2) is 9.59 Å². The van der Waals surface area contributed by atoms with Gasteiger partial charge in [-0.1, -0.05) is 50.6 Å². The molecule has 0 saturated carbocycles. The number of ether oxygens (including phenoxy) is 2. The lowest BCUT2D eigenvalue weighted by atomic mass is 9.85. The standard InChI is InChI=1S/C26H36N2O4/c1-16-10-12-18(13-11-16)22-19(15-27-24(30)32-26(6,7)8)20(14-25(3,4)5)28-17(2)21(22)23(29)31-9/h10-13H,14-15H2,1-9H3,(H,27,30). The quantitative estimate of drug-likeness (QED) is 0.598. The first kappa shape index (κ1) is 25.4. The average Bonchev–Trinajstić information content (AvgIpc) is 2.64. The summed E-state index contributed by atoms with van der Waals surface area (Å²) in [5.74, 6) is -0.452. The van der Waals surface area contributed by atoms with E-state index in [2.05, 4.69) is 26.1 Å². The van der Waals surface area contributed by atoms with Gasteiger partial charge in [-0.05, 0) is 52.0 Å². The van der Waals surface area contributed by atoms with Crippen molar-refractivity contribution in [2.75, 3.05) is 7.11 Å². The van der Waals surface area contributed by atoms with E-state index in [4.69, 9.17) is 14.5 Å². The summed E-state index contributed by atoms with van der Waals surface area (Å²) in [6.07, 6.45) is 0.161. The number of nitrogens with one attached hydrogen (secondary N) is 1. The van der Waals surface area contributed by atoms with E-state index in [1.807, 2.05) is 58.9 Å². The van der Waals surface area contributed by atoms with Crippen LogP contribution >= 0.6 is 0 Å². The second-order valence-corrected chi connectivity index (χ2v) is 10.3. The summed E-state index contributed by atoms with van der Waals surface area (Å²) in [6, 6.07) is 7.96. The minimum absolute atomic E-state index is 0.0442. The monoisotopic (exact) mass is 440 g/mol. The number of aryl methyl sites for hydroxylation is 2. The zero-order chi connectivity index (χ0) is 24.3. The number of carbonyl (C=O) groups excluding carboxylic acids is 2. The zero-order valence-corrected chi connectivity index (χ0v) is 20.8. The maximum Gasteiger partial charge on any atom is 0.407 e. The molecular formula is C26H36N2O4. The number of methoxy groups -OCH3 is 1. The topological polar surface area (TPSA) is 77.5 Å². The van der Waals surface area contributed by atoms with Crippen LogP contribution in [0, 0.1) is 19.3 Å². The molecule has 1 aromatic carbocycles. The van der Waals surface area contributed by atoms with E-state index in [-0.39, 0.29) is 12.0 Å². The number of esters is 1. The largest absolute Gasteiger partial charge is 0.465 e. The van der Waals surface area contributed by atoms with Crippen LogP contribution in [0.25, 0.3) is 11.1 Å². The fourth-order valence-electron chi connectivity index (χ4n) is 3.51. The summed E-state index contributed by atoms with van der Waals surface area (Å²) in [5, 5.41) is 2.85. The summed E-state index contributed by atoms with van der Waals surface area (Å²) in [6.45, 7) is 15.9. The van der Waals surface area contributed by atoms with E-state index in [0.717, 1.165) is 27.9 Å². The van der Waals surface area contributed by atoms with Gasteiger partial charge in [0.15, 0.2) is 0 Å². The maximum absolute atomic E-state index is 12.8. The summed E-state index contributed by atoms with van der Waals surface area (Å²) < 4.78 is 10.5. The van der Waals surface area contributed by atoms with Gasteiger partial charge in [-0.2, -0.15) is 0 Å². The van der Waals surface area contributed by atoms with Crippen molar-refractivity contribution in [1.29, 1.82) is 0 Å². The zero-order valence-electron chi connectivity index (χ0n) is 20.8. The normalized spacial score (nSPS) is 11.8. The molecule has 6 nitrogen and oxygen atoms in total. The van der Waals surface area contributed by atoms with Crippen LogP contribution in [-0.4, -0.2) is 29.8 Å². The molecular weight excluding hydrogens is 404 g/mol. The number of alkyl carbamates (subject to hydrolysis) is 1. The number of benzene rings is 1. The van der Waals surface area contributed by atoms with Crippen LogP contribution < -0.4 is 5.32 Å². The van der Waals surface area contributed by atoms with E-state index in [1.165, 1.54) is 7.11 Å². The highest BCUT2D eigenvalue weighted by Crippen LogP contribution is 2.34. The number of amides is 1. The molecule has 0 bridgehead atoms. The molecule has 0 aliphatic carbocycles. The molecule has 32 heavy (non-hydrogen) atoms. The van der Waals surface area contributed by atoms with Crippen molar-refractivity contribution in [1.82, 2.24) is 10.3 Å². The van der Waals surface area contributed by atoms with Crippen LogP contribution in [0.3, 0.4) is 0 Å². The van der Waals surface area contributed by atoms with Crippen LogP contribution in [-0.2, 0) is 22.4 Å². The van der Waals surface area contributed by atoms with Crippen molar-refractivity contribution in [2.45, 2.75) is 74.0 Å². The SMILES string of the molecule is COC(=O)c1c(C)nc(CC(C)(C)C)c(CNC(=O)OC(C)(C)C)c1-c1ccc(C)cc1. The average molecular weight is 441 g/mol. The molecule has 1 heterocycles. The van der Waals surface area contributed by atoms with Crippen molar-refractivity contribution < 1.29 is 19.1 Å². The lowest BCUT2D eigenvalue weighted by molar-refractivity contribution is 0.0523. The minimum Gasteiger partial charge on any atom is -0.465 e. The predicted molar refractivity (Wildman–Crippen MR) is 127 cm³/mol. The highest BCUT2D eigenvalue weighted by molar-refractivity contribution is 5.99. The molecule has 1 amide bonds. The van der Waals surface area contributed by atoms with Crippen molar-refractivity contribution in [3.05, 3.63) is 52.3 Å². The Morgan fingerprint density at radius 3 is 2.09 bits per heavy atom. The van der Waals surface area contributed by atoms with Crippen molar-refractivity contribution in [3.8, 4) is 11.1 Å². The van der Waals surface area contributed by atoms with Crippen LogP contribution in [0.1, 0.15) is 74.4 Å². The fraction of sp³-hybridized carbons (Fsp3) is 0.500. The third-order valence-electron chi connectivity index (χ3n) is 4.80. The van der Waals surface area contributed by atoms with Gasteiger partial charge in [0.1, 0.15) is 5.60 Å². The fourth-order valence-corrected chi connectivity index (χ4v) is 3.51. The molecule has 0 atom stereocenters. The van der Waals surface area contributed by atoms with Crippen LogP contribution in [0.4, 0.5) is 4.79 Å². The number of carbonyl (C=O) groups is 2. The van der Waals surface area contributed by atoms with E-state index in [1.54, 1.807) is 0 Å². The predicted octanol–water partition coefficient (Wildman–Crippen LogP) is 5.77. The van der Waals surface area contributed by atoms with Crippen molar-refractivity contribution >= 4 is 12.1 Å². The van der Waals surface area contributed by atoms with E-state index in [0.29, 0.717) is 17.7 Å². The van der Waals surface area contributed by atoms with Gasteiger partial charge >= 0.3 is 12.1 Å². The summed E-state index contributed by atoms with van der Waals surface area (Å²) in [4.78, 5) is 30.0. The molecule has 0 aliphatic rings. The molecule has 0 unspecified atom stereocenters. The van der Waals surface area contributed by atoms with Crippen molar-refractivity contribution in [3.63, 3.8) is 0 Å². The Balaban J connectivity index is 2.72. The van der Waals surface area contributed by atoms with Gasteiger partial charge < -0.3 is 14.8 Å². The first-order valence-electron chi connectivity index (χ1n) is 10.9. The van der Waals surface area contributed by atoms with E-state index < -0.39 is 17.7 Å². The number of aromatic nitrogens is 1. The van der Waals surface area contributed by atoms with Gasteiger partial charge in [0, 0.05) is 23.4 Å². The van der Waals surface area contributed by atoms with E-state index in [9.17, 15) is 9.59 Å². The molecule has 174 valence electrons. The molecule has 0 saturated heterocycles. The Labute approximate surface area is 191 Å². The van der Waals surface area contributed by atoms with Gasteiger partial charge in [-0.3, -0.25) is 4.98 Å². The first-order valence-corrected chi connectivity index (χ1v) is 10.9. The highest BCUT2D eigenvalue weighted by atomic mass is 16.6. The Morgan fingerprint density at radius 2 is 1.59 bits per heavy atom. The van der Waals surface area contributed by atoms with Crippen LogP contribution in [0.2, 0.25) is 0 Å². The smallest absolute Gasteiger partial charge is 0.407 e. The van der Waals surface area contributed by atoms with Crippen LogP contribution in [0.15, 0.2) is 24.3 Å². The molecule has 0 aliphatic heterocycles. The minimum atomic E-state index is -0.610. The lowest BCUT2D eigenvalue weighted by Gasteiger charge is -2.25. The third-order valence-corrected chi connectivity index (χ3v) is 4.80. The molecule has 1 N–H and O–H groups in total. The molecule has 2 rings (SSSR count). The van der Waals surface area contributed by atoms with Gasteiger partial charge in [0.25, 0.3) is 0 Å². The number of rotatable bonds is 5. The second-order valence-electron chi connectivity index (χ2n) is 10.3. The van der Waals surface area contributed by atoms with Crippen molar-refractivity contribution in [2.24, 2.45) is 5.41 Å². The van der Waals surface area contributed by atoms with Gasteiger partial charge in [0.2, 0.25) is 0 Å². The summed E-state index contributed by atoms with van der Waals surface area (Å²) in [7, 11) is 1.36. The number of nitrogens with zero attached hydrogens (tertiary/aromatic N) is 1. The van der Waals surface area contributed by atoms with Gasteiger partial charge in [-0.15, -0.1) is 0 Å². The molecule has 0 radical (unpaired) electrons. The van der Waals surface area contributed by atoms with Gasteiger partial charge in [0.05, 0.1) is 18.4 Å². The molecule has 6 heteroatoms. The highest BCUT2D eigenvalue weighted by Gasteiger charge is 2.27. The van der Waals surface area contributed by atoms with Crippen LogP contribution in [0.5, 0.6) is 0 Å². The molecule has 0 fully saturated rings. The Kier molecular flexibility index (Phi) is 7.70. The Bertz CT molecular complexity index is 981. The molecule has 1 aromatic heterocycles. The first-order chi connectivity index (χ1) is 14.7. The second kappa shape index (κ2) is 9.72. The number of hydrogen-bond acceptors (Lipinski definition) is 5.